The van der Waals surface area contributed by atoms with Gasteiger partial charge in [-0.3, -0.25) is 4.79 Å². The van der Waals surface area contributed by atoms with Crippen molar-refractivity contribution in [1.29, 1.82) is 0 Å². The van der Waals surface area contributed by atoms with Gasteiger partial charge in [-0.2, -0.15) is 0 Å². The lowest BCUT2D eigenvalue weighted by Crippen LogP contribution is -1.98. The molecule has 0 bridgehead atoms. The molecule has 0 N–H and O–H groups in total. The average Bonchev–Trinajstić information content (AvgIpc) is 2.66. The minimum atomic E-state index is 0.443. The van der Waals surface area contributed by atoms with Crippen molar-refractivity contribution >= 4 is 6.29 Å². The quantitative estimate of drug-likeness (QED) is 0.548. The van der Waals surface area contributed by atoms with E-state index in [1.165, 1.54) is 0 Å². The SMILES string of the molecule is O=Cc1cccc(C#Cc2ccc(OCc3ccccc3)nn2)c1. The highest BCUT2D eigenvalue weighted by atomic mass is 16.5. The van der Waals surface area contributed by atoms with Crippen LogP contribution in [0.1, 0.15) is 27.2 Å². The van der Waals surface area contributed by atoms with E-state index in [1.807, 2.05) is 36.4 Å². The van der Waals surface area contributed by atoms with Gasteiger partial charge in [-0.15, -0.1) is 10.2 Å². The number of benzene rings is 2. The summed E-state index contributed by atoms with van der Waals surface area (Å²) >= 11 is 0. The maximum absolute atomic E-state index is 10.8. The smallest absolute Gasteiger partial charge is 0.233 e. The number of carbonyl (C=O) groups excluding carboxylic acids is 1. The van der Waals surface area contributed by atoms with Crippen LogP contribution < -0.4 is 4.74 Å². The summed E-state index contributed by atoms with van der Waals surface area (Å²) < 4.78 is 5.58. The molecule has 3 rings (SSSR count). The molecule has 116 valence electrons. The molecule has 0 amide bonds. The molecule has 0 saturated carbocycles. The number of ether oxygens (including phenoxy) is 1. The van der Waals surface area contributed by atoms with Crippen molar-refractivity contribution in [3.05, 3.63) is 89.1 Å². The fraction of sp³-hybridized carbons (Fsp3) is 0.0500. The number of hydrogen-bond donors (Lipinski definition) is 0. The van der Waals surface area contributed by atoms with E-state index in [0.717, 1.165) is 17.4 Å². The van der Waals surface area contributed by atoms with Crippen LogP contribution in [-0.4, -0.2) is 16.5 Å². The third-order valence-electron chi connectivity index (χ3n) is 3.23. The normalized spacial score (nSPS) is 9.67. The second kappa shape index (κ2) is 7.70. The van der Waals surface area contributed by atoms with Crippen molar-refractivity contribution in [3.8, 4) is 17.7 Å². The third kappa shape index (κ3) is 4.28. The lowest BCUT2D eigenvalue weighted by atomic mass is 10.1. The highest BCUT2D eigenvalue weighted by Gasteiger charge is 1.98. The van der Waals surface area contributed by atoms with E-state index in [0.29, 0.717) is 23.7 Å². The van der Waals surface area contributed by atoms with E-state index in [-0.39, 0.29) is 0 Å². The largest absolute Gasteiger partial charge is 0.472 e. The first-order valence-corrected chi connectivity index (χ1v) is 7.41. The number of aldehydes is 1. The van der Waals surface area contributed by atoms with Crippen LogP contribution in [-0.2, 0) is 6.61 Å². The fourth-order valence-corrected chi connectivity index (χ4v) is 2.02. The van der Waals surface area contributed by atoms with E-state index in [4.69, 9.17) is 4.74 Å². The Balaban J connectivity index is 1.64. The molecule has 0 unspecified atom stereocenters. The summed E-state index contributed by atoms with van der Waals surface area (Å²) in [4.78, 5) is 10.8. The number of hydrogen-bond acceptors (Lipinski definition) is 4. The van der Waals surface area contributed by atoms with Gasteiger partial charge in [0.2, 0.25) is 5.88 Å². The average molecular weight is 314 g/mol. The monoisotopic (exact) mass is 314 g/mol. The van der Waals surface area contributed by atoms with Crippen LogP contribution in [0.5, 0.6) is 5.88 Å². The minimum Gasteiger partial charge on any atom is -0.472 e. The standard InChI is InChI=1S/C20H14N2O2/c23-14-18-8-4-7-16(13-18)9-10-19-11-12-20(22-21-19)24-15-17-5-2-1-3-6-17/h1-8,11-14H,15H2. The second-order valence-corrected chi connectivity index (χ2v) is 5.02. The third-order valence-corrected chi connectivity index (χ3v) is 3.23. The zero-order chi connectivity index (χ0) is 16.6. The van der Waals surface area contributed by atoms with Crippen LogP contribution in [0.15, 0.2) is 66.7 Å². The second-order valence-electron chi connectivity index (χ2n) is 5.02. The van der Waals surface area contributed by atoms with E-state index in [2.05, 4.69) is 22.0 Å². The Labute approximate surface area is 140 Å². The number of carbonyl (C=O) groups is 1. The van der Waals surface area contributed by atoms with E-state index >= 15 is 0 Å². The maximum Gasteiger partial charge on any atom is 0.233 e. The van der Waals surface area contributed by atoms with Gasteiger partial charge in [-0.25, -0.2) is 0 Å². The summed E-state index contributed by atoms with van der Waals surface area (Å²) in [6, 6.07) is 20.4. The molecular formula is C20H14N2O2. The van der Waals surface area contributed by atoms with Gasteiger partial charge in [0.25, 0.3) is 0 Å². The first-order valence-electron chi connectivity index (χ1n) is 7.41. The van der Waals surface area contributed by atoms with E-state index in [9.17, 15) is 4.79 Å². The molecule has 24 heavy (non-hydrogen) atoms. The molecule has 0 saturated heterocycles. The molecule has 0 aliphatic carbocycles. The molecule has 1 aromatic heterocycles. The van der Waals surface area contributed by atoms with E-state index in [1.54, 1.807) is 30.3 Å². The number of nitrogens with zero attached hydrogens (tertiary/aromatic N) is 2. The predicted octanol–water partition coefficient (Wildman–Crippen LogP) is 3.27. The predicted molar refractivity (Wildman–Crippen MR) is 90.6 cm³/mol. The van der Waals surface area contributed by atoms with Gasteiger partial charge in [-0.05, 0) is 29.7 Å². The Morgan fingerprint density at radius 2 is 1.79 bits per heavy atom. The van der Waals surface area contributed by atoms with Gasteiger partial charge < -0.3 is 4.74 Å². The molecule has 0 atom stereocenters. The summed E-state index contributed by atoms with van der Waals surface area (Å²) in [7, 11) is 0. The molecule has 2 aromatic carbocycles. The highest BCUT2D eigenvalue weighted by molar-refractivity contribution is 5.75. The summed E-state index contributed by atoms with van der Waals surface area (Å²) in [6.07, 6.45) is 0.795. The van der Waals surface area contributed by atoms with Crippen molar-refractivity contribution in [3.63, 3.8) is 0 Å². The van der Waals surface area contributed by atoms with Crippen molar-refractivity contribution in [2.45, 2.75) is 6.61 Å². The Morgan fingerprint density at radius 3 is 2.54 bits per heavy atom. The zero-order valence-corrected chi connectivity index (χ0v) is 12.8. The fourth-order valence-electron chi connectivity index (χ4n) is 2.02. The van der Waals surface area contributed by atoms with Gasteiger partial charge in [0, 0.05) is 17.2 Å². The Hall–Kier alpha value is -3.45. The molecule has 0 radical (unpaired) electrons. The van der Waals surface area contributed by atoms with Gasteiger partial charge in [-0.1, -0.05) is 48.4 Å². The molecule has 4 heteroatoms. The first kappa shape index (κ1) is 15.4. The Bertz CT molecular complexity index is 879. The van der Waals surface area contributed by atoms with Crippen molar-refractivity contribution < 1.29 is 9.53 Å². The summed E-state index contributed by atoms with van der Waals surface area (Å²) in [5.41, 5.74) is 2.96. The van der Waals surface area contributed by atoms with Crippen LogP contribution >= 0.6 is 0 Å². The maximum atomic E-state index is 10.8. The molecule has 0 spiro atoms. The van der Waals surface area contributed by atoms with Crippen molar-refractivity contribution in [2.75, 3.05) is 0 Å². The van der Waals surface area contributed by atoms with Crippen LogP contribution in [0.4, 0.5) is 0 Å². The lowest BCUT2D eigenvalue weighted by molar-refractivity contribution is 0.112. The number of rotatable bonds is 4. The summed E-state index contributed by atoms with van der Waals surface area (Å²) in [6.45, 7) is 0.443. The highest BCUT2D eigenvalue weighted by Crippen LogP contribution is 2.08. The first-order chi connectivity index (χ1) is 11.8. The van der Waals surface area contributed by atoms with Crippen LogP contribution in [0.2, 0.25) is 0 Å². The van der Waals surface area contributed by atoms with Crippen molar-refractivity contribution in [2.24, 2.45) is 0 Å². The molecule has 0 aliphatic heterocycles. The van der Waals surface area contributed by atoms with Crippen LogP contribution in [0, 0.1) is 11.8 Å². The number of aromatic nitrogens is 2. The molecule has 1 heterocycles. The zero-order valence-electron chi connectivity index (χ0n) is 12.8. The lowest BCUT2D eigenvalue weighted by Gasteiger charge is -2.03. The van der Waals surface area contributed by atoms with E-state index < -0.39 is 0 Å². The van der Waals surface area contributed by atoms with Gasteiger partial charge in [0.1, 0.15) is 18.6 Å². The van der Waals surface area contributed by atoms with Gasteiger partial charge >= 0.3 is 0 Å². The molecule has 0 fully saturated rings. The summed E-state index contributed by atoms with van der Waals surface area (Å²) in [5.74, 6) is 6.33. The van der Waals surface area contributed by atoms with Crippen molar-refractivity contribution in [1.82, 2.24) is 10.2 Å². The van der Waals surface area contributed by atoms with Crippen LogP contribution in [0.3, 0.4) is 0 Å². The molecular weight excluding hydrogens is 300 g/mol. The summed E-state index contributed by atoms with van der Waals surface area (Å²) in [5, 5.41) is 8.04. The topological polar surface area (TPSA) is 52.1 Å². The molecule has 4 nitrogen and oxygen atoms in total. The Morgan fingerprint density at radius 1 is 0.917 bits per heavy atom. The Kier molecular flexibility index (Phi) is 4.96. The minimum absolute atomic E-state index is 0.443. The van der Waals surface area contributed by atoms with Crippen LogP contribution in [0.25, 0.3) is 0 Å². The molecule has 3 aromatic rings. The van der Waals surface area contributed by atoms with Gasteiger partial charge in [0.05, 0.1) is 0 Å². The van der Waals surface area contributed by atoms with Gasteiger partial charge in [0.15, 0.2) is 0 Å². The molecule has 0 aliphatic rings.